The smallest absolute Gasteiger partial charge is 0.0802 e. The minimum absolute atomic E-state index is 0. The molecule has 2 rings (SSSR count). The molecule has 0 radical (unpaired) electrons. The van der Waals surface area contributed by atoms with Crippen LogP contribution in [0.15, 0.2) is 42.5 Å². The zero-order valence-electron chi connectivity index (χ0n) is 15.1. The van der Waals surface area contributed by atoms with Gasteiger partial charge in [-0.25, -0.2) is 0 Å². The van der Waals surface area contributed by atoms with Gasteiger partial charge in [0.05, 0.1) is 6.10 Å². The lowest BCUT2D eigenvalue weighted by Gasteiger charge is -2.23. The third kappa shape index (κ3) is 6.43. The van der Waals surface area contributed by atoms with Gasteiger partial charge < -0.3 is 10.0 Å². The largest absolute Gasteiger partial charge is 0.388 e. The first kappa shape index (κ1) is 21.0. The Morgan fingerprint density at radius 2 is 1.50 bits per heavy atom. The van der Waals surface area contributed by atoms with Gasteiger partial charge >= 0.3 is 0 Å². The fraction of sp³-hybridized carbons (Fsp3) is 0.524. The van der Waals surface area contributed by atoms with Crippen molar-refractivity contribution < 1.29 is 5.11 Å². The maximum Gasteiger partial charge on any atom is 0.0802 e. The number of aliphatic hydroxyl groups is 1. The second-order valence-corrected chi connectivity index (χ2v) is 6.46. The second-order valence-electron chi connectivity index (χ2n) is 6.46. The normalized spacial score (nSPS) is 12.3. The number of fused-ring (bicyclic) bond motifs is 1. The van der Waals surface area contributed by atoms with E-state index in [1.807, 2.05) is 0 Å². The van der Waals surface area contributed by atoms with Gasteiger partial charge in [0.15, 0.2) is 0 Å². The summed E-state index contributed by atoms with van der Waals surface area (Å²) in [5.41, 5.74) is 1.04. The van der Waals surface area contributed by atoms with Crippen LogP contribution in [0.5, 0.6) is 0 Å². The van der Waals surface area contributed by atoms with Gasteiger partial charge in [0, 0.05) is 6.54 Å². The molecule has 2 aromatic carbocycles. The highest BCUT2D eigenvalue weighted by Gasteiger charge is 2.11. The van der Waals surface area contributed by atoms with E-state index in [0.717, 1.165) is 31.6 Å². The Kier molecular flexibility index (Phi) is 10.0. The number of rotatable bonds is 10. The molecule has 0 aliphatic carbocycles. The Bertz CT molecular complexity index is 579. The number of hydrogen-bond acceptors (Lipinski definition) is 2. The molecule has 1 N–H and O–H groups in total. The zero-order valence-corrected chi connectivity index (χ0v) is 15.9. The monoisotopic (exact) mass is 349 g/mol. The second kappa shape index (κ2) is 11.5. The molecular weight excluding hydrogens is 318 g/mol. The number of aliphatic hydroxyl groups excluding tert-OH is 1. The molecule has 0 heterocycles. The van der Waals surface area contributed by atoms with Crippen LogP contribution in [0.25, 0.3) is 10.8 Å². The van der Waals surface area contributed by atoms with Crippen LogP contribution in [0.1, 0.15) is 57.6 Å². The van der Waals surface area contributed by atoms with E-state index in [4.69, 9.17) is 0 Å². The lowest BCUT2D eigenvalue weighted by molar-refractivity contribution is 0.140. The molecule has 0 saturated heterocycles. The van der Waals surface area contributed by atoms with Crippen LogP contribution in [0.2, 0.25) is 0 Å². The van der Waals surface area contributed by atoms with Crippen molar-refractivity contribution in [3.8, 4) is 0 Å². The van der Waals surface area contributed by atoms with E-state index < -0.39 is 0 Å². The number of halogens is 1. The average molecular weight is 350 g/mol. The summed E-state index contributed by atoms with van der Waals surface area (Å²) >= 11 is 0. The van der Waals surface area contributed by atoms with Crippen LogP contribution in [-0.4, -0.2) is 29.6 Å². The van der Waals surface area contributed by atoms with Crippen molar-refractivity contribution in [2.24, 2.45) is 0 Å². The summed E-state index contributed by atoms with van der Waals surface area (Å²) in [6.07, 6.45) is 5.40. The van der Waals surface area contributed by atoms with Gasteiger partial charge in [0.1, 0.15) is 0 Å². The quantitative estimate of drug-likeness (QED) is 0.604. The Morgan fingerprint density at radius 1 is 0.875 bits per heavy atom. The minimum Gasteiger partial charge on any atom is -0.388 e. The minimum atomic E-state index is -0.370. The van der Waals surface area contributed by atoms with Gasteiger partial charge in [0.2, 0.25) is 0 Å². The first-order valence-corrected chi connectivity index (χ1v) is 9.13. The summed E-state index contributed by atoms with van der Waals surface area (Å²) in [5, 5.41) is 13.0. The third-order valence-electron chi connectivity index (χ3n) is 4.53. The molecule has 0 bridgehead atoms. The number of hydrogen-bond donors (Lipinski definition) is 1. The third-order valence-corrected chi connectivity index (χ3v) is 4.53. The van der Waals surface area contributed by atoms with Crippen molar-refractivity contribution in [3.63, 3.8) is 0 Å². The molecule has 1 atom stereocenters. The molecule has 0 fully saturated rings. The molecule has 0 spiro atoms. The predicted molar refractivity (Wildman–Crippen MR) is 107 cm³/mol. The van der Waals surface area contributed by atoms with Crippen molar-refractivity contribution in [1.29, 1.82) is 0 Å². The Hall–Kier alpha value is -1.09. The van der Waals surface area contributed by atoms with Gasteiger partial charge in [-0.05, 0) is 54.8 Å². The average Bonchev–Trinajstić information content (AvgIpc) is 2.60. The number of unbranched alkanes of at least 4 members (excludes halogenated alkanes) is 2. The van der Waals surface area contributed by atoms with Crippen LogP contribution < -0.4 is 0 Å². The van der Waals surface area contributed by atoms with Crippen molar-refractivity contribution >= 4 is 23.2 Å². The summed E-state index contributed by atoms with van der Waals surface area (Å²) in [6, 6.07) is 14.6. The highest BCUT2D eigenvalue weighted by atomic mass is 35.5. The van der Waals surface area contributed by atoms with E-state index in [1.54, 1.807) is 0 Å². The van der Waals surface area contributed by atoms with Gasteiger partial charge in [0.25, 0.3) is 0 Å². The SMILES string of the molecule is CCCCN(CCCC)CCC(O)c1ccc2ccccc2c1.Cl. The fourth-order valence-electron chi connectivity index (χ4n) is 2.99. The number of nitrogens with zero attached hydrogens (tertiary/aromatic N) is 1. The van der Waals surface area contributed by atoms with Crippen LogP contribution in [0.4, 0.5) is 0 Å². The molecule has 0 aromatic heterocycles. The van der Waals surface area contributed by atoms with Gasteiger partial charge in [-0.15, -0.1) is 12.4 Å². The fourth-order valence-corrected chi connectivity index (χ4v) is 2.99. The standard InChI is InChI=1S/C21H31NO.ClH/c1-3-5-14-22(15-6-4-2)16-13-21(23)20-12-11-18-9-7-8-10-19(18)17-20;/h7-12,17,21,23H,3-6,13-16H2,1-2H3;1H. The number of benzene rings is 2. The highest BCUT2D eigenvalue weighted by Crippen LogP contribution is 2.22. The molecule has 0 aliphatic heterocycles. The maximum atomic E-state index is 10.6. The van der Waals surface area contributed by atoms with Gasteiger partial charge in [-0.2, -0.15) is 0 Å². The maximum absolute atomic E-state index is 10.6. The first-order chi connectivity index (χ1) is 11.2. The van der Waals surface area contributed by atoms with E-state index in [9.17, 15) is 5.11 Å². The molecular formula is C21H32ClNO. The molecule has 24 heavy (non-hydrogen) atoms. The lowest BCUT2D eigenvalue weighted by Crippen LogP contribution is -2.28. The molecule has 0 saturated carbocycles. The highest BCUT2D eigenvalue weighted by molar-refractivity contribution is 5.85. The van der Waals surface area contributed by atoms with Gasteiger partial charge in [-0.1, -0.05) is 63.1 Å². The molecule has 2 aromatic rings. The first-order valence-electron chi connectivity index (χ1n) is 9.13. The summed E-state index contributed by atoms with van der Waals surface area (Å²) in [6.45, 7) is 7.76. The van der Waals surface area contributed by atoms with Crippen molar-refractivity contribution in [3.05, 3.63) is 48.0 Å². The van der Waals surface area contributed by atoms with Crippen molar-refractivity contribution in [2.45, 2.75) is 52.1 Å². The lowest BCUT2D eigenvalue weighted by atomic mass is 10.0. The van der Waals surface area contributed by atoms with Crippen LogP contribution >= 0.6 is 12.4 Å². The summed E-state index contributed by atoms with van der Waals surface area (Å²) < 4.78 is 0. The summed E-state index contributed by atoms with van der Waals surface area (Å²) in [4.78, 5) is 2.51. The van der Waals surface area contributed by atoms with E-state index in [0.29, 0.717) is 0 Å². The van der Waals surface area contributed by atoms with Crippen LogP contribution in [0.3, 0.4) is 0 Å². The Morgan fingerprint density at radius 3 is 2.12 bits per heavy atom. The summed E-state index contributed by atoms with van der Waals surface area (Å²) in [5.74, 6) is 0. The van der Waals surface area contributed by atoms with Gasteiger partial charge in [-0.3, -0.25) is 0 Å². The van der Waals surface area contributed by atoms with Crippen molar-refractivity contribution in [1.82, 2.24) is 4.90 Å². The van der Waals surface area contributed by atoms with Crippen LogP contribution in [0, 0.1) is 0 Å². The molecule has 134 valence electrons. The molecule has 0 aliphatic rings. The van der Waals surface area contributed by atoms with E-state index in [-0.39, 0.29) is 18.5 Å². The van der Waals surface area contributed by atoms with Crippen molar-refractivity contribution in [2.75, 3.05) is 19.6 Å². The van der Waals surface area contributed by atoms with E-state index in [1.165, 1.54) is 36.5 Å². The van der Waals surface area contributed by atoms with E-state index >= 15 is 0 Å². The topological polar surface area (TPSA) is 23.5 Å². The Balaban J connectivity index is 0.00000288. The Labute approximate surface area is 153 Å². The molecule has 3 heteroatoms. The van der Waals surface area contributed by atoms with E-state index in [2.05, 4.69) is 61.2 Å². The molecule has 0 amide bonds. The zero-order chi connectivity index (χ0) is 16.5. The molecule has 1 unspecified atom stereocenters. The predicted octanol–water partition coefficient (Wildman–Crippen LogP) is 5.59. The van der Waals surface area contributed by atoms with Crippen LogP contribution in [-0.2, 0) is 0 Å². The summed E-state index contributed by atoms with van der Waals surface area (Å²) in [7, 11) is 0. The molecule has 2 nitrogen and oxygen atoms in total.